The zero-order chi connectivity index (χ0) is 19.2. The Bertz CT molecular complexity index is 1090. The van der Waals surface area contributed by atoms with E-state index in [0.29, 0.717) is 28.3 Å². The van der Waals surface area contributed by atoms with Gasteiger partial charge in [0.15, 0.2) is 0 Å². The smallest absolute Gasteiger partial charge is 0.266 e. The highest BCUT2D eigenvalue weighted by Gasteiger charge is 2.12. The Balaban J connectivity index is 1.83. The van der Waals surface area contributed by atoms with Gasteiger partial charge in [-0.3, -0.25) is 4.79 Å². The Morgan fingerprint density at radius 2 is 1.78 bits per heavy atom. The van der Waals surface area contributed by atoms with Crippen molar-refractivity contribution in [3.8, 4) is 23.5 Å². The van der Waals surface area contributed by atoms with Crippen LogP contribution in [0.2, 0.25) is 0 Å². The fourth-order valence-corrected chi connectivity index (χ4v) is 2.50. The Kier molecular flexibility index (Phi) is 5.16. The number of carbonyl (C=O) groups is 1. The number of hydrogen-bond acceptors (Lipinski definition) is 4. The first-order valence-electron chi connectivity index (χ1n) is 8.20. The Morgan fingerprint density at radius 1 is 1.04 bits per heavy atom. The molecular weight excluding hydrogens is 338 g/mol. The molecule has 0 saturated carbocycles. The van der Waals surface area contributed by atoms with E-state index in [0.717, 1.165) is 5.56 Å². The number of aryl methyl sites for hydroxylation is 1. The Hall–Kier alpha value is -4.09. The zero-order valence-electron chi connectivity index (χ0n) is 14.6. The van der Waals surface area contributed by atoms with Crippen molar-refractivity contribution in [3.05, 3.63) is 83.1 Å². The molecule has 3 rings (SSSR count). The first-order chi connectivity index (χ1) is 13.1. The van der Waals surface area contributed by atoms with Crippen molar-refractivity contribution in [1.29, 1.82) is 10.5 Å². The van der Waals surface area contributed by atoms with Crippen molar-refractivity contribution < 1.29 is 9.21 Å². The Morgan fingerprint density at radius 3 is 2.48 bits per heavy atom. The third kappa shape index (κ3) is 4.12. The van der Waals surface area contributed by atoms with Gasteiger partial charge in [-0.2, -0.15) is 10.5 Å². The van der Waals surface area contributed by atoms with Gasteiger partial charge in [0, 0.05) is 17.3 Å². The van der Waals surface area contributed by atoms with Gasteiger partial charge in [0.05, 0.1) is 11.6 Å². The van der Waals surface area contributed by atoms with Crippen molar-refractivity contribution in [3.63, 3.8) is 0 Å². The van der Waals surface area contributed by atoms with Gasteiger partial charge in [-0.25, -0.2) is 0 Å². The summed E-state index contributed by atoms with van der Waals surface area (Å²) in [5, 5.41) is 21.2. The van der Waals surface area contributed by atoms with Gasteiger partial charge in [-0.15, -0.1) is 0 Å². The van der Waals surface area contributed by atoms with Crippen molar-refractivity contribution in [2.45, 2.75) is 6.92 Å². The monoisotopic (exact) mass is 353 g/mol. The van der Waals surface area contributed by atoms with Crippen LogP contribution in [-0.4, -0.2) is 5.91 Å². The maximum Gasteiger partial charge on any atom is 0.266 e. The van der Waals surface area contributed by atoms with E-state index >= 15 is 0 Å². The van der Waals surface area contributed by atoms with Crippen molar-refractivity contribution in [1.82, 2.24) is 0 Å². The predicted octanol–water partition coefficient (Wildman–Crippen LogP) is 4.67. The van der Waals surface area contributed by atoms with Crippen molar-refractivity contribution in [2.24, 2.45) is 0 Å². The molecule has 0 aliphatic rings. The molecule has 5 nitrogen and oxygen atoms in total. The topological polar surface area (TPSA) is 89.8 Å². The third-order valence-electron chi connectivity index (χ3n) is 3.90. The molecule has 0 spiro atoms. The van der Waals surface area contributed by atoms with Crippen LogP contribution in [0.15, 0.2) is 70.7 Å². The predicted molar refractivity (Wildman–Crippen MR) is 102 cm³/mol. The number of amides is 1. The van der Waals surface area contributed by atoms with Gasteiger partial charge >= 0.3 is 0 Å². The molecule has 0 saturated heterocycles. The lowest BCUT2D eigenvalue weighted by Crippen LogP contribution is -2.13. The highest BCUT2D eigenvalue weighted by Crippen LogP contribution is 2.26. The maximum atomic E-state index is 12.3. The van der Waals surface area contributed by atoms with Crippen LogP contribution in [-0.2, 0) is 4.79 Å². The number of carbonyl (C=O) groups excluding carboxylic acids is 1. The van der Waals surface area contributed by atoms with E-state index < -0.39 is 5.91 Å². The third-order valence-corrected chi connectivity index (χ3v) is 3.90. The minimum absolute atomic E-state index is 0.0787. The minimum atomic E-state index is -0.517. The number of rotatable bonds is 4. The van der Waals surface area contributed by atoms with E-state index in [1.165, 1.54) is 6.08 Å². The number of nitrogens with zero attached hydrogens (tertiary/aromatic N) is 2. The van der Waals surface area contributed by atoms with Crippen LogP contribution in [0.4, 0.5) is 5.69 Å². The Labute approximate surface area is 156 Å². The average Bonchev–Trinajstić information content (AvgIpc) is 3.16. The molecule has 3 aromatic rings. The number of hydrogen-bond donors (Lipinski definition) is 1. The lowest BCUT2D eigenvalue weighted by atomic mass is 10.1. The molecule has 1 N–H and O–H groups in total. The maximum absolute atomic E-state index is 12.3. The summed E-state index contributed by atoms with van der Waals surface area (Å²) in [7, 11) is 0. The van der Waals surface area contributed by atoms with Crippen molar-refractivity contribution in [2.75, 3.05) is 5.32 Å². The van der Waals surface area contributed by atoms with Crippen LogP contribution in [0.1, 0.15) is 16.9 Å². The molecule has 0 unspecified atom stereocenters. The lowest BCUT2D eigenvalue weighted by molar-refractivity contribution is -0.112. The summed E-state index contributed by atoms with van der Waals surface area (Å²) < 4.78 is 5.70. The summed E-state index contributed by atoms with van der Waals surface area (Å²) in [5.41, 5.74) is 2.74. The fraction of sp³-hybridized carbons (Fsp3) is 0.0455. The van der Waals surface area contributed by atoms with Gasteiger partial charge in [0.2, 0.25) is 0 Å². The van der Waals surface area contributed by atoms with Crippen LogP contribution >= 0.6 is 0 Å². The molecule has 0 radical (unpaired) electrons. The summed E-state index contributed by atoms with van der Waals surface area (Å²) in [6.45, 7) is 1.95. The summed E-state index contributed by atoms with van der Waals surface area (Å²) in [4.78, 5) is 12.3. The number of anilines is 1. The molecule has 5 heteroatoms. The lowest BCUT2D eigenvalue weighted by Gasteiger charge is -2.04. The van der Waals surface area contributed by atoms with Crippen molar-refractivity contribution >= 4 is 17.7 Å². The minimum Gasteiger partial charge on any atom is -0.457 e. The quantitative estimate of drug-likeness (QED) is 0.545. The van der Waals surface area contributed by atoms with E-state index in [4.69, 9.17) is 4.42 Å². The summed E-state index contributed by atoms with van der Waals surface area (Å²) in [6.07, 6.45) is 1.38. The first kappa shape index (κ1) is 17.7. The zero-order valence-corrected chi connectivity index (χ0v) is 14.6. The van der Waals surface area contributed by atoms with Gasteiger partial charge in [-0.1, -0.05) is 29.8 Å². The molecule has 27 heavy (non-hydrogen) atoms. The number of benzene rings is 2. The highest BCUT2D eigenvalue weighted by atomic mass is 16.3. The molecular formula is C22H15N3O2. The van der Waals surface area contributed by atoms with E-state index in [1.54, 1.807) is 42.5 Å². The molecule has 1 heterocycles. The molecule has 130 valence electrons. The number of furan rings is 1. The highest BCUT2D eigenvalue weighted by molar-refractivity contribution is 6.09. The standard InChI is InChI=1S/C22H15N3O2/c1-15-6-8-18(9-7-15)25-22(26)17(14-24)12-19-10-11-21(27-19)20-5-3-2-4-16(20)13-23/h2-12H,1H3,(H,25,26)/b17-12+. The second-order valence-electron chi connectivity index (χ2n) is 5.85. The van der Waals surface area contributed by atoms with Gasteiger partial charge in [0.1, 0.15) is 23.2 Å². The second kappa shape index (κ2) is 7.86. The molecule has 0 atom stereocenters. The molecule has 1 amide bonds. The van der Waals surface area contributed by atoms with E-state index in [9.17, 15) is 15.3 Å². The molecule has 0 aliphatic heterocycles. The van der Waals surface area contributed by atoms with Crippen LogP contribution in [0.5, 0.6) is 0 Å². The van der Waals surface area contributed by atoms with Crippen LogP contribution < -0.4 is 5.32 Å². The second-order valence-corrected chi connectivity index (χ2v) is 5.85. The fourth-order valence-electron chi connectivity index (χ4n) is 2.50. The SMILES string of the molecule is Cc1ccc(NC(=O)/C(C#N)=C/c2ccc(-c3ccccc3C#N)o2)cc1. The summed E-state index contributed by atoms with van der Waals surface area (Å²) >= 11 is 0. The van der Waals surface area contributed by atoms with Gasteiger partial charge in [-0.05, 0) is 43.3 Å². The number of nitrogens with one attached hydrogen (secondary N) is 1. The molecule has 0 aliphatic carbocycles. The number of nitriles is 2. The molecule has 0 bridgehead atoms. The largest absolute Gasteiger partial charge is 0.457 e. The van der Waals surface area contributed by atoms with E-state index in [2.05, 4.69) is 11.4 Å². The van der Waals surface area contributed by atoms with E-state index in [1.807, 2.05) is 31.2 Å². The van der Waals surface area contributed by atoms with Crippen LogP contribution in [0.3, 0.4) is 0 Å². The van der Waals surface area contributed by atoms with Gasteiger partial charge < -0.3 is 9.73 Å². The molecule has 1 aromatic heterocycles. The molecule has 0 fully saturated rings. The summed E-state index contributed by atoms with van der Waals surface area (Å²) in [5.74, 6) is 0.333. The normalized spacial score (nSPS) is 10.7. The van der Waals surface area contributed by atoms with Gasteiger partial charge in [0.25, 0.3) is 5.91 Å². The summed E-state index contributed by atoms with van der Waals surface area (Å²) in [6, 6.07) is 21.7. The van der Waals surface area contributed by atoms with Crippen LogP contribution in [0.25, 0.3) is 17.4 Å². The van der Waals surface area contributed by atoms with E-state index in [-0.39, 0.29) is 5.57 Å². The average molecular weight is 353 g/mol. The first-order valence-corrected chi connectivity index (χ1v) is 8.20. The van der Waals surface area contributed by atoms with Crippen LogP contribution in [0, 0.1) is 29.6 Å². The molecule has 2 aromatic carbocycles.